The van der Waals surface area contributed by atoms with E-state index in [4.69, 9.17) is 21.1 Å². The molecule has 42 heavy (non-hydrogen) atoms. The van der Waals surface area contributed by atoms with E-state index in [1.807, 2.05) is 18.2 Å². The summed E-state index contributed by atoms with van der Waals surface area (Å²) in [6.07, 6.45) is 4.19. The molecule has 3 heterocycles. The van der Waals surface area contributed by atoms with Gasteiger partial charge >= 0.3 is 0 Å². The van der Waals surface area contributed by atoms with Crippen molar-refractivity contribution in [3.63, 3.8) is 0 Å². The maximum Gasteiger partial charge on any atom is 0.257 e. The van der Waals surface area contributed by atoms with Crippen LogP contribution in [0.4, 0.5) is 10.1 Å². The fourth-order valence-electron chi connectivity index (χ4n) is 5.76. The smallest absolute Gasteiger partial charge is 0.257 e. The number of aliphatic hydroxyl groups is 1. The summed E-state index contributed by atoms with van der Waals surface area (Å²) in [6, 6.07) is 12.0. The molecule has 0 spiro atoms. The lowest BCUT2D eigenvalue weighted by molar-refractivity contribution is -0.127. The zero-order chi connectivity index (χ0) is 29.5. The molecule has 1 aromatic heterocycles. The number of benzene rings is 2. The number of fused-ring (bicyclic) bond motifs is 1. The third-order valence-corrected chi connectivity index (χ3v) is 8.82. The number of para-hydroxylation sites is 1. The molecule has 2 unspecified atom stereocenters. The van der Waals surface area contributed by atoms with Crippen molar-refractivity contribution in [2.75, 3.05) is 25.1 Å². The Balaban J connectivity index is 1.29. The van der Waals surface area contributed by atoms with Gasteiger partial charge in [0.15, 0.2) is 6.23 Å². The Morgan fingerprint density at radius 2 is 1.90 bits per heavy atom. The first-order chi connectivity index (χ1) is 20.2. The summed E-state index contributed by atoms with van der Waals surface area (Å²) in [4.78, 5) is 36.8. The molecule has 2 N–H and O–H groups in total. The number of carbonyl (C=O) groups is 2. The molecule has 3 aliphatic rings. The minimum atomic E-state index is -1.36. The van der Waals surface area contributed by atoms with E-state index in [1.165, 1.54) is 23.4 Å². The Labute approximate surface area is 248 Å². The molecule has 0 radical (unpaired) electrons. The molecule has 2 atom stereocenters. The summed E-state index contributed by atoms with van der Waals surface area (Å²) in [5.41, 5.74) is -0.978. The molecule has 6 rings (SSSR count). The second kappa shape index (κ2) is 11.3. The number of amides is 2. The second-order valence-corrected chi connectivity index (χ2v) is 11.9. The Morgan fingerprint density at radius 1 is 1.21 bits per heavy atom. The van der Waals surface area contributed by atoms with Gasteiger partial charge in [-0.1, -0.05) is 29.8 Å². The molecule has 1 saturated carbocycles. The number of aromatic nitrogens is 2. The van der Waals surface area contributed by atoms with Gasteiger partial charge in [0.1, 0.15) is 11.6 Å². The van der Waals surface area contributed by atoms with Crippen LogP contribution in [-0.2, 0) is 26.4 Å². The van der Waals surface area contributed by atoms with E-state index in [1.54, 1.807) is 25.1 Å². The number of nitrogens with one attached hydrogen (secondary N) is 1. The van der Waals surface area contributed by atoms with E-state index in [-0.39, 0.29) is 36.1 Å². The second-order valence-electron chi connectivity index (χ2n) is 11.5. The lowest BCUT2D eigenvalue weighted by atomic mass is 9.78. The fourth-order valence-corrected chi connectivity index (χ4v) is 5.86. The number of nitrogens with zero attached hydrogens (tertiary/aromatic N) is 3. The normalized spacial score (nSPS) is 21.1. The summed E-state index contributed by atoms with van der Waals surface area (Å²) < 4.78 is 27.7. The largest absolute Gasteiger partial charge is 0.385 e. The zero-order valence-electron chi connectivity index (χ0n) is 23.2. The molecule has 2 amide bonds. The highest BCUT2D eigenvalue weighted by molar-refractivity contribution is 6.30. The van der Waals surface area contributed by atoms with Gasteiger partial charge in [-0.05, 0) is 68.4 Å². The van der Waals surface area contributed by atoms with Crippen LogP contribution >= 0.6 is 11.6 Å². The molecule has 9 nitrogen and oxygen atoms in total. The van der Waals surface area contributed by atoms with Crippen LogP contribution in [0.1, 0.15) is 66.1 Å². The topological polar surface area (TPSA) is 114 Å². The van der Waals surface area contributed by atoms with Crippen LogP contribution in [0.25, 0.3) is 0 Å². The predicted octanol–water partition coefficient (Wildman–Crippen LogP) is 4.99. The number of halogens is 2. The summed E-state index contributed by atoms with van der Waals surface area (Å²) >= 11 is 5.95. The van der Waals surface area contributed by atoms with Crippen molar-refractivity contribution in [2.45, 2.75) is 51.0 Å². The molecule has 2 aromatic carbocycles. The zero-order valence-corrected chi connectivity index (χ0v) is 23.9. The molecular formula is C31H32ClFN4O5. The Bertz CT molecular complexity index is 1480. The van der Waals surface area contributed by atoms with E-state index in [9.17, 15) is 14.7 Å². The molecule has 2 aliphatic heterocycles. The van der Waals surface area contributed by atoms with E-state index < -0.39 is 29.0 Å². The molecule has 1 saturated heterocycles. The molecule has 11 heteroatoms. The van der Waals surface area contributed by atoms with Crippen LogP contribution < -0.4 is 5.32 Å². The van der Waals surface area contributed by atoms with Gasteiger partial charge in [0.05, 0.1) is 34.8 Å². The Kier molecular flexibility index (Phi) is 7.74. The number of carbonyl (C=O) groups excluding carboxylic acids is 2. The first-order valence-corrected chi connectivity index (χ1v) is 14.5. The quantitative estimate of drug-likeness (QED) is 0.359. The molecule has 2 fully saturated rings. The Hall–Kier alpha value is -3.44. The minimum Gasteiger partial charge on any atom is -0.385 e. The van der Waals surface area contributed by atoms with E-state index in [0.717, 1.165) is 0 Å². The summed E-state index contributed by atoms with van der Waals surface area (Å²) in [6.45, 7) is 2.60. The van der Waals surface area contributed by atoms with Crippen molar-refractivity contribution in [1.82, 2.24) is 14.9 Å². The van der Waals surface area contributed by atoms with E-state index in [2.05, 4.69) is 15.3 Å². The minimum absolute atomic E-state index is 0.0119. The number of hydrogen-bond acceptors (Lipinski definition) is 7. The SMILES string of the molecule is CC(O)(c1cc(F)c2c(c1)C(=O)N(Cc1ncc(Cl)cn1)C2OCC1(C(=O)Nc2ccccc2)CC1)C1CCOCC1. The standard InChI is InChI=1S/C31H32ClFN4O5/c1-30(40,19-7-11-41-12-8-19)20-13-23-26(24(33)14-20)28(37(27(23)38)17-25-34-15-21(32)16-35-25)42-18-31(9-10-31)29(39)36-22-5-3-2-4-6-22/h2-6,13-16,19,28,40H,7-12,17-18H2,1H3,(H,36,39). The first kappa shape index (κ1) is 28.7. The Morgan fingerprint density at radius 3 is 2.57 bits per heavy atom. The number of rotatable bonds is 9. The van der Waals surface area contributed by atoms with Gasteiger partial charge < -0.3 is 24.8 Å². The van der Waals surface area contributed by atoms with Crippen LogP contribution in [0.3, 0.4) is 0 Å². The van der Waals surface area contributed by atoms with Gasteiger partial charge in [0.2, 0.25) is 5.91 Å². The van der Waals surface area contributed by atoms with Crippen LogP contribution in [0.2, 0.25) is 5.02 Å². The van der Waals surface area contributed by atoms with Crippen molar-refractivity contribution in [1.29, 1.82) is 0 Å². The van der Waals surface area contributed by atoms with E-state index >= 15 is 4.39 Å². The van der Waals surface area contributed by atoms with Gasteiger partial charge in [0.25, 0.3) is 5.91 Å². The average Bonchev–Trinajstić information content (AvgIpc) is 3.74. The third-order valence-electron chi connectivity index (χ3n) is 8.62. The van der Waals surface area contributed by atoms with Gasteiger partial charge in [-0.25, -0.2) is 14.4 Å². The summed E-state index contributed by atoms with van der Waals surface area (Å²) in [7, 11) is 0. The van der Waals surface area contributed by atoms with Crippen molar-refractivity contribution in [3.05, 3.63) is 88.2 Å². The molecule has 0 bridgehead atoms. The van der Waals surface area contributed by atoms with Crippen molar-refractivity contribution < 1.29 is 28.6 Å². The first-order valence-electron chi connectivity index (χ1n) is 14.1. The molecule has 1 aliphatic carbocycles. The number of anilines is 1. The van der Waals surface area contributed by atoms with Crippen molar-refractivity contribution in [3.8, 4) is 0 Å². The van der Waals surface area contributed by atoms with Crippen LogP contribution in [0, 0.1) is 17.2 Å². The lowest BCUT2D eigenvalue weighted by Crippen LogP contribution is -2.36. The maximum absolute atomic E-state index is 16.0. The monoisotopic (exact) mass is 594 g/mol. The van der Waals surface area contributed by atoms with Gasteiger partial charge in [0, 0.05) is 36.9 Å². The highest BCUT2D eigenvalue weighted by Gasteiger charge is 2.52. The van der Waals surface area contributed by atoms with Crippen molar-refractivity contribution in [2.24, 2.45) is 11.3 Å². The van der Waals surface area contributed by atoms with Crippen LogP contribution in [-0.4, -0.2) is 51.6 Å². The lowest BCUT2D eigenvalue weighted by Gasteiger charge is -2.36. The van der Waals surface area contributed by atoms with Gasteiger partial charge in [-0.3, -0.25) is 9.59 Å². The number of ether oxygens (including phenoxy) is 2. The van der Waals surface area contributed by atoms with Gasteiger partial charge in [-0.2, -0.15) is 0 Å². The molecular weight excluding hydrogens is 563 g/mol. The van der Waals surface area contributed by atoms with E-state index in [0.29, 0.717) is 61.0 Å². The van der Waals surface area contributed by atoms with Crippen LogP contribution in [0.15, 0.2) is 54.9 Å². The molecule has 220 valence electrons. The highest BCUT2D eigenvalue weighted by atomic mass is 35.5. The average molecular weight is 595 g/mol. The summed E-state index contributed by atoms with van der Waals surface area (Å²) in [5.74, 6) is -1.17. The number of hydrogen-bond donors (Lipinski definition) is 2. The van der Waals surface area contributed by atoms with Crippen LogP contribution in [0.5, 0.6) is 0 Å². The highest BCUT2D eigenvalue weighted by Crippen LogP contribution is 2.49. The summed E-state index contributed by atoms with van der Waals surface area (Å²) in [5, 5.41) is 14.8. The maximum atomic E-state index is 16.0. The third kappa shape index (κ3) is 5.51. The fraction of sp³-hybridized carbons (Fsp3) is 0.419. The van der Waals surface area contributed by atoms with Crippen molar-refractivity contribution >= 4 is 29.1 Å². The predicted molar refractivity (Wildman–Crippen MR) is 152 cm³/mol. The van der Waals surface area contributed by atoms with Gasteiger partial charge in [-0.15, -0.1) is 0 Å². The molecule has 3 aromatic rings.